The maximum Gasteiger partial charge on any atom is 0.252 e. The average Bonchev–Trinajstić information content (AvgIpc) is 2.95. The number of aryl methyl sites for hydroxylation is 1. The number of rotatable bonds is 4. The summed E-state index contributed by atoms with van der Waals surface area (Å²) in [6, 6.07) is 3.73. The van der Waals surface area contributed by atoms with Gasteiger partial charge in [0.25, 0.3) is 5.91 Å². The molecule has 1 amide bonds. The second-order valence-corrected chi connectivity index (χ2v) is 5.43. The predicted molar refractivity (Wildman–Crippen MR) is 70.7 cm³/mol. The Morgan fingerprint density at radius 1 is 1.47 bits per heavy atom. The van der Waals surface area contributed by atoms with Gasteiger partial charge < -0.3 is 10.4 Å². The quantitative estimate of drug-likeness (QED) is 0.894. The molecule has 0 aromatic carbocycles. The van der Waals surface area contributed by atoms with Crippen LogP contribution in [0.1, 0.15) is 26.9 Å². The molecule has 2 heterocycles. The van der Waals surface area contributed by atoms with Crippen molar-refractivity contribution in [3.8, 4) is 0 Å². The van der Waals surface area contributed by atoms with E-state index < -0.39 is 6.10 Å². The van der Waals surface area contributed by atoms with Crippen LogP contribution in [0.5, 0.6) is 0 Å². The Hall–Kier alpha value is -1.17. The van der Waals surface area contributed by atoms with E-state index in [0.717, 1.165) is 10.4 Å². The molecule has 0 saturated heterocycles. The molecule has 0 bridgehead atoms. The largest absolute Gasteiger partial charge is 0.386 e. The second kappa shape index (κ2) is 5.44. The molecule has 17 heavy (non-hydrogen) atoms. The van der Waals surface area contributed by atoms with Crippen LogP contribution in [0.25, 0.3) is 0 Å². The SMILES string of the molecule is Cc1ccsc1[C@H](O)CNC(=O)c1ccsc1. The molecule has 0 aliphatic heterocycles. The topological polar surface area (TPSA) is 49.3 Å². The number of hydrogen-bond donors (Lipinski definition) is 2. The fourth-order valence-corrected chi connectivity index (χ4v) is 3.05. The molecular formula is C12H13NO2S2. The zero-order valence-electron chi connectivity index (χ0n) is 9.34. The van der Waals surface area contributed by atoms with Crippen LogP contribution in [0.4, 0.5) is 0 Å². The predicted octanol–water partition coefficient (Wildman–Crippen LogP) is 2.58. The van der Waals surface area contributed by atoms with Gasteiger partial charge in [0.2, 0.25) is 0 Å². The van der Waals surface area contributed by atoms with Crippen LogP contribution in [-0.4, -0.2) is 17.6 Å². The van der Waals surface area contributed by atoms with E-state index >= 15 is 0 Å². The number of aliphatic hydroxyl groups is 1. The lowest BCUT2D eigenvalue weighted by atomic mass is 10.2. The molecule has 2 aromatic heterocycles. The number of aliphatic hydroxyl groups excluding tert-OH is 1. The molecule has 90 valence electrons. The number of hydrogen-bond acceptors (Lipinski definition) is 4. The Morgan fingerprint density at radius 3 is 2.88 bits per heavy atom. The minimum absolute atomic E-state index is 0.139. The Balaban J connectivity index is 1.91. The molecule has 1 atom stereocenters. The minimum Gasteiger partial charge on any atom is -0.386 e. The highest BCUT2D eigenvalue weighted by Gasteiger charge is 2.13. The van der Waals surface area contributed by atoms with E-state index in [4.69, 9.17) is 0 Å². The van der Waals surface area contributed by atoms with Crippen molar-refractivity contribution in [2.75, 3.05) is 6.54 Å². The van der Waals surface area contributed by atoms with Crippen LogP contribution in [0, 0.1) is 6.92 Å². The highest BCUT2D eigenvalue weighted by Crippen LogP contribution is 2.23. The average molecular weight is 267 g/mol. The van der Waals surface area contributed by atoms with Crippen LogP contribution in [0.2, 0.25) is 0 Å². The van der Waals surface area contributed by atoms with Crippen molar-refractivity contribution in [3.63, 3.8) is 0 Å². The van der Waals surface area contributed by atoms with E-state index in [-0.39, 0.29) is 12.5 Å². The van der Waals surface area contributed by atoms with Gasteiger partial charge in [0.15, 0.2) is 0 Å². The fourth-order valence-electron chi connectivity index (χ4n) is 1.50. The first kappa shape index (κ1) is 12.3. The number of carbonyl (C=O) groups is 1. The number of nitrogens with one attached hydrogen (secondary N) is 1. The van der Waals surface area contributed by atoms with Crippen LogP contribution < -0.4 is 5.32 Å². The molecule has 0 fully saturated rings. The summed E-state index contributed by atoms with van der Waals surface area (Å²) < 4.78 is 0. The lowest BCUT2D eigenvalue weighted by molar-refractivity contribution is 0.0918. The number of amides is 1. The summed E-state index contributed by atoms with van der Waals surface area (Å²) in [5.74, 6) is -0.139. The van der Waals surface area contributed by atoms with Crippen LogP contribution in [-0.2, 0) is 0 Å². The van der Waals surface area contributed by atoms with Gasteiger partial charge in [0, 0.05) is 22.4 Å². The third-order valence-electron chi connectivity index (χ3n) is 2.44. The van der Waals surface area contributed by atoms with Gasteiger partial charge in [0.1, 0.15) is 6.10 Å². The molecular weight excluding hydrogens is 254 g/mol. The van der Waals surface area contributed by atoms with Gasteiger partial charge in [0.05, 0.1) is 0 Å². The van der Waals surface area contributed by atoms with Crippen LogP contribution in [0.3, 0.4) is 0 Å². The Kier molecular flexibility index (Phi) is 3.93. The lowest BCUT2D eigenvalue weighted by Gasteiger charge is -2.11. The zero-order valence-corrected chi connectivity index (χ0v) is 11.0. The summed E-state index contributed by atoms with van der Waals surface area (Å²) >= 11 is 2.99. The Labute approximate surface area is 108 Å². The van der Waals surface area contributed by atoms with Crippen molar-refractivity contribution in [2.24, 2.45) is 0 Å². The van der Waals surface area contributed by atoms with Crippen LogP contribution >= 0.6 is 22.7 Å². The minimum atomic E-state index is -0.627. The summed E-state index contributed by atoms with van der Waals surface area (Å²) in [5.41, 5.74) is 1.71. The monoisotopic (exact) mass is 267 g/mol. The van der Waals surface area contributed by atoms with E-state index in [1.165, 1.54) is 22.7 Å². The summed E-state index contributed by atoms with van der Waals surface area (Å²) in [4.78, 5) is 12.6. The standard InChI is InChI=1S/C12H13NO2S2/c1-8-2-5-17-11(8)10(14)6-13-12(15)9-3-4-16-7-9/h2-5,7,10,14H,6H2,1H3,(H,13,15)/t10-/m1/s1. The van der Waals surface area contributed by atoms with E-state index in [9.17, 15) is 9.90 Å². The first-order chi connectivity index (χ1) is 8.18. The van der Waals surface area contributed by atoms with Gasteiger partial charge in [-0.25, -0.2) is 0 Å². The van der Waals surface area contributed by atoms with Crippen molar-refractivity contribution in [1.29, 1.82) is 0 Å². The molecule has 0 radical (unpaired) electrons. The van der Waals surface area contributed by atoms with E-state index in [1.807, 2.05) is 23.8 Å². The first-order valence-electron chi connectivity index (χ1n) is 5.21. The molecule has 0 spiro atoms. The highest BCUT2D eigenvalue weighted by atomic mass is 32.1. The van der Waals surface area contributed by atoms with Crippen molar-refractivity contribution in [2.45, 2.75) is 13.0 Å². The lowest BCUT2D eigenvalue weighted by Crippen LogP contribution is -2.27. The molecule has 2 aromatic rings. The zero-order chi connectivity index (χ0) is 12.3. The third-order valence-corrected chi connectivity index (χ3v) is 4.25. The van der Waals surface area contributed by atoms with Crippen molar-refractivity contribution < 1.29 is 9.90 Å². The van der Waals surface area contributed by atoms with Crippen molar-refractivity contribution >= 4 is 28.6 Å². The highest BCUT2D eigenvalue weighted by molar-refractivity contribution is 7.10. The van der Waals surface area contributed by atoms with Gasteiger partial charge in [-0.15, -0.1) is 11.3 Å². The van der Waals surface area contributed by atoms with Gasteiger partial charge in [-0.1, -0.05) is 0 Å². The smallest absolute Gasteiger partial charge is 0.252 e. The maximum atomic E-state index is 11.7. The molecule has 0 aliphatic rings. The van der Waals surface area contributed by atoms with Gasteiger partial charge in [-0.3, -0.25) is 4.79 Å². The third kappa shape index (κ3) is 2.94. The molecule has 2 N–H and O–H groups in total. The van der Waals surface area contributed by atoms with Gasteiger partial charge in [-0.05, 0) is 35.4 Å². The number of carbonyl (C=O) groups excluding carboxylic acids is 1. The van der Waals surface area contributed by atoms with Gasteiger partial charge >= 0.3 is 0 Å². The summed E-state index contributed by atoms with van der Waals surface area (Å²) in [5, 5.41) is 18.2. The fraction of sp³-hybridized carbons (Fsp3) is 0.250. The second-order valence-electron chi connectivity index (χ2n) is 3.71. The first-order valence-corrected chi connectivity index (χ1v) is 7.03. The maximum absolute atomic E-state index is 11.7. The molecule has 2 rings (SSSR count). The molecule has 0 saturated carbocycles. The Bertz CT molecular complexity index is 490. The normalized spacial score (nSPS) is 12.4. The molecule has 0 unspecified atom stereocenters. The molecule has 3 nitrogen and oxygen atoms in total. The summed E-state index contributed by atoms with van der Waals surface area (Å²) in [6.45, 7) is 2.20. The van der Waals surface area contributed by atoms with Crippen molar-refractivity contribution in [1.82, 2.24) is 5.32 Å². The molecule has 0 aliphatic carbocycles. The Morgan fingerprint density at radius 2 is 2.29 bits per heavy atom. The van der Waals surface area contributed by atoms with E-state index in [1.54, 1.807) is 11.4 Å². The number of thiophene rings is 2. The summed E-state index contributed by atoms with van der Waals surface area (Å²) in [7, 11) is 0. The van der Waals surface area contributed by atoms with E-state index in [2.05, 4.69) is 5.32 Å². The van der Waals surface area contributed by atoms with Crippen molar-refractivity contribution in [3.05, 3.63) is 44.3 Å². The van der Waals surface area contributed by atoms with Crippen LogP contribution in [0.15, 0.2) is 28.3 Å². The molecule has 5 heteroatoms. The summed E-state index contributed by atoms with van der Waals surface area (Å²) in [6.07, 6.45) is -0.627. The van der Waals surface area contributed by atoms with Gasteiger partial charge in [-0.2, -0.15) is 11.3 Å². The van der Waals surface area contributed by atoms with E-state index in [0.29, 0.717) is 5.56 Å².